The lowest BCUT2D eigenvalue weighted by atomic mass is 9.93. The van der Waals surface area contributed by atoms with Gasteiger partial charge in [0.15, 0.2) is 0 Å². The van der Waals surface area contributed by atoms with Crippen molar-refractivity contribution in [1.82, 2.24) is 19.4 Å². The summed E-state index contributed by atoms with van der Waals surface area (Å²) in [6.45, 7) is 3.92. The highest BCUT2D eigenvalue weighted by Gasteiger charge is 2.26. The molecule has 0 radical (unpaired) electrons. The van der Waals surface area contributed by atoms with Crippen molar-refractivity contribution >= 4 is 22.9 Å². The van der Waals surface area contributed by atoms with E-state index >= 15 is 0 Å². The maximum absolute atomic E-state index is 14.4. The number of benzene rings is 2. The van der Waals surface area contributed by atoms with Crippen molar-refractivity contribution in [1.29, 1.82) is 0 Å². The molecule has 1 amide bonds. The Morgan fingerprint density at radius 3 is 2.53 bits per heavy atom. The van der Waals surface area contributed by atoms with E-state index in [0.29, 0.717) is 30.1 Å². The van der Waals surface area contributed by atoms with Crippen LogP contribution in [0.2, 0.25) is 0 Å². The number of nitrogens with zero attached hydrogens (tertiary/aromatic N) is 4. The molecule has 2 aliphatic heterocycles. The molecule has 11 heteroatoms. The maximum Gasteiger partial charge on any atom is 0.337 e. The SMILES string of the molecule is COC(=O)c1ccc2nc(CN3CCC(c4cccc(OCc5ccc(C(N)=O)cc5F)n4)CC3)n(CC3CCO3)c2c1. The number of carbonyl (C=O) groups is 2. The molecule has 10 nitrogen and oxygen atoms in total. The van der Waals surface area contributed by atoms with E-state index in [-0.39, 0.29) is 30.2 Å². The fourth-order valence-electron chi connectivity index (χ4n) is 5.67. The van der Waals surface area contributed by atoms with Crippen LogP contribution in [0.15, 0.2) is 54.6 Å². The molecular weight excluding hydrogens is 553 g/mol. The van der Waals surface area contributed by atoms with Crippen LogP contribution in [0, 0.1) is 5.82 Å². The number of hydrogen-bond donors (Lipinski definition) is 1. The molecule has 1 unspecified atom stereocenters. The van der Waals surface area contributed by atoms with Gasteiger partial charge in [0.2, 0.25) is 11.8 Å². The van der Waals surface area contributed by atoms with Crippen LogP contribution in [0.4, 0.5) is 4.39 Å². The Morgan fingerprint density at radius 2 is 1.84 bits per heavy atom. The molecule has 2 saturated heterocycles. The molecule has 2 aromatic carbocycles. The predicted molar refractivity (Wildman–Crippen MR) is 156 cm³/mol. The summed E-state index contributed by atoms with van der Waals surface area (Å²) in [4.78, 5) is 35.5. The molecule has 2 N–H and O–H groups in total. The molecule has 4 aromatic rings. The van der Waals surface area contributed by atoms with Gasteiger partial charge in [-0.3, -0.25) is 9.69 Å². The van der Waals surface area contributed by atoms with Gasteiger partial charge in [0.25, 0.3) is 0 Å². The summed E-state index contributed by atoms with van der Waals surface area (Å²) >= 11 is 0. The number of pyridine rings is 1. The van der Waals surface area contributed by atoms with Crippen LogP contribution in [-0.4, -0.2) is 64.2 Å². The second-order valence-corrected chi connectivity index (χ2v) is 11.0. The summed E-state index contributed by atoms with van der Waals surface area (Å²) in [6.07, 6.45) is 3.01. The molecule has 2 aromatic heterocycles. The first kappa shape index (κ1) is 28.8. The molecule has 43 heavy (non-hydrogen) atoms. The largest absolute Gasteiger partial charge is 0.473 e. The minimum atomic E-state index is -0.678. The van der Waals surface area contributed by atoms with Crippen molar-refractivity contribution in [2.45, 2.75) is 51.0 Å². The average molecular weight is 588 g/mol. The summed E-state index contributed by atoms with van der Waals surface area (Å²) in [5, 5.41) is 0. The first-order chi connectivity index (χ1) is 20.9. The van der Waals surface area contributed by atoms with E-state index in [0.717, 1.165) is 67.6 Å². The molecule has 0 bridgehead atoms. The van der Waals surface area contributed by atoms with Crippen LogP contribution < -0.4 is 10.5 Å². The van der Waals surface area contributed by atoms with Crippen molar-refractivity contribution in [2.24, 2.45) is 5.73 Å². The fraction of sp³-hybridized carbons (Fsp3) is 0.375. The second-order valence-electron chi connectivity index (χ2n) is 11.0. The van der Waals surface area contributed by atoms with Crippen molar-refractivity contribution in [2.75, 3.05) is 26.8 Å². The van der Waals surface area contributed by atoms with E-state index in [4.69, 9.17) is 29.9 Å². The Bertz CT molecular complexity index is 1640. The standard InChI is InChI=1S/C32H34FN5O5/c1-41-32(40)22-7-8-27-28(16-22)38(17-24-11-14-42-24)29(35-27)18-37-12-9-20(10-13-37)26-3-2-4-30(36-26)43-19-23-6-5-21(31(34)39)15-25(23)33/h2-8,15-16,20,24H,9-14,17-19H2,1H3,(H2,34,39). The van der Waals surface area contributed by atoms with E-state index in [1.807, 2.05) is 24.3 Å². The number of fused-ring (bicyclic) bond motifs is 1. The van der Waals surface area contributed by atoms with Gasteiger partial charge >= 0.3 is 5.97 Å². The summed E-state index contributed by atoms with van der Waals surface area (Å²) in [6, 6.07) is 15.3. The quantitative estimate of drug-likeness (QED) is 0.274. The minimum absolute atomic E-state index is 0.00616. The van der Waals surface area contributed by atoms with Gasteiger partial charge in [0.1, 0.15) is 18.2 Å². The molecule has 2 fully saturated rings. The lowest BCUT2D eigenvalue weighted by Gasteiger charge is -2.32. The number of ether oxygens (including phenoxy) is 3. The van der Waals surface area contributed by atoms with E-state index in [1.54, 1.807) is 12.1 Å². The minimum Gasteiger partial charge on any atom is -0.473 e. The van der Waals surface area contributed by atoms with Gasteiger partial charge in [-0.25, -0.2) is 19.2 Å². The van der Waals surface area contributed by atoms with Gasteiger partial charge < -0.3 is 24.5 Å². The van der Waals surface area contributed by atoms with Gasteiger partial charge in [0, 0.05) is 35.4 Å². The van der Waals surface area contributed by atoms with Crippen LogP contribution in [0.5, 0.6) is 5.88 Å². The number of halogens is 1. The molecule has 0 aliphatic carbocycles. The lowest BCUT2D eigenvalue weighted by molar-refractivity contribution is -0.0592. The average Bonchev–Trinajstić information content (AvgIpc) is 3.34. The van der Waals surface area contributed by atoms with Crippen LogP contribution in [0.25, 0.3) is 11.0 Å². The smallest absolute Gasteiger partial charge is 0.337 e. The zero-order valence-corrected chi connectivity index (χ0v) is 24.0. The Kier molecular flexibility index (Phi) is 8.35. The maximum atomic E-state index is 14.4. The molecule has 6 rings (SSSR count). The van der Waals surface area contributed by atoms with Crippen LogP contribution >= 0.6 is 0 Å². The number of esters is 1. The number of rotatable bonds is 10. The number of imidazole rings is 1. The molecule has 0 spiro atoms. The Hall–Kier alpha value is -4.35. The summed E-state index contributed by atoms with van der Waals surface area (Å²) in [5.41, 5.74) is 8.87. The normalized spacial score (nSPS) is 17.5. The van der Waals surface area contributed by atoms with Crippen molar-refractivity contribution < 1.29 is 28.2 Å². The van der Waals surface area contributed by atoms with Crippen LogP contribution in [-0.2, 0) is 29.2 Å². The third-order valence-corrected chi connectivity index (χ3v) is 8.26. The first-order valence-electron chi connectivity index (χ1n) is 14.5. The summed E-state index contributed by atoms with van der Waals surface area (Å²) in [7, 11) is 1.38. The van der Waals surface area contributed by atoms with Crippen LogP contribution in [0.3, 0.4) is 0 Å². The monoisotopic (exact) mass is 587 g/mol. The highest BCUT2D eigenvalue weighted by Crippen LogP contribution is 2.30. The van der Waals surface area contributed by atoms with Crippen molar-refractivity contribution in [3.63, 3.8) is 0 Å². The number of amides is 1. The lowest BCUT2D eigenvalue weighted by Crippen LogP contribution is -2.35. The zero-order valence-electron chi connectivity index (χ0n) is 24.0. The van der Waals surface area contributed by atoms with Gasteiger partial charge in [0.05, 0.1) is 42.9 Å². The number of carbonyl (C=O) groups excluding carboxylic acids is 2. The molecule has 0 saturated carbocycles. The van der Waals surface area contributed by atoms with E-state index in [1.165, 1.54) is 19.2 Å². The second kappa shape index (κ2) is 12.5. The highest BCUT2D eigenvalue weighted by molar-refractivity contribution is 5.94. The van der Waals surface area contributed by atoms with Crippen molar-refractivity contribution in [3.8, 4) is 5.88 Å². The van der Waals surface area contributed by atoms with Crippen molar-refractivity contribution in [3.05, 3.63) is 88.6 Å². The highest BCUT2D eigenvalue weighted by atomic mass is 19.1. The van der Waals surface area contributed by atoms with Gasteiger partial charge in [-0.2, -0.15) is 0 Å². The molecule has 1 atom stereocenters. The zero-order chi connectivity index (χ0) is 29.9. The van der Waals surface area contributed by atoms with Gasteiger partial charge in [-0.05, 0) is 68.8 Å². The third kappa shape index (κ3) is 6.37. The Labute approximate surface area is 248 Å². The molecule has 2 aliphatic rings. The number of nitrogens with two attached hydrogens (primary N) is 1. The molecule has 224 valence electrons. The van der Waals surface area contributed by atoms with Gasteiger partial charge in [-0.15, -0.1) is 0 Å². The Balaban J connectivity index is 1.10. The van der Waals surface area contributed by atoms with Crippen LogP contribution in [0.1, 0.15) is 63.0 Å². The topological polar surface area (TPSA) is 122 Å². The molecule has 4 heterocycles. The number of methoxy groups -OCH3 is 1. The van der Waals surface area contributed by atoms with E-state index in [9.17, 15) is 14.0 Å². The Morgan fingerprint density at radius 1 is 1.05 bits per heavy atom. The number of primary amides is 1. The molecular formula is C32H34FN5O5. The number of piperidine rings is 1. The predicted octanol–water partition coefficient (Wildman–Crippen LogP) is 4.20. The number of aromatic nitrogens is 3. The fourth-order valence-corrected chi connectivity index (χ4v) is 5.67. The van der Waals surface area contributed by atoms with Gasteiger partial charge in [-0.1, -0.05) is 12.1 Å². The van der Waals surface area contributed by atoms with E-state index in [2.05, 4.69) is 9.47 Å². The first-order valence-corrected chi connectivity index (χ1v) is 14.5. The summed E-state index contributed by atoms with van der Waals surface area (Å²) < 4.78 is 33.0. The number of hydrogen-bond acceptors (Lipinski definition) is 8. The third-order valence-electron chi connectivity index (χ3n) is 8.26. The summed E-state index contributed by atoms with van der Waals surface area (Å²) in [5.74, 6) is 0.0657. The van der Waals surface area contributed by atoms with E-state index < -0.39 is 11.7 Å². The number of likely N-dealkylation sites (tertiary alicyclic amines) is 1.